The molecule has 4 nitrogen and oxygen atoms in total. The van der Waals surface area contributed by atoms with E-state index >= 15 is 0 Å². The fourth-order valence-corrected chi connectivity index (χ4v) is 2.87. The van der Waals surface area contributed by atoms with Crippen LogP contribution in [-0.2, 0) is 17.7 Å². The van der Waals surface area contributed by atoms with Crippen molar-refractivity contribution in [2.24, 2.45) is 0 Å². The summed E-state index contributed by atoms with van der Waals surface area (Å²) in [4.78, 5) is 4.51. The number of aromatic nitrogens is 2. The molecule has 1 aromatic rings. The van der Waals surface area contributed by atoms with E-state index < -0.39 is 0 Å². The molecule has 1 aromatic heterocycles. The quantitative estimate of drug-likeness (QED) is 0.784. The lowest BCUT2D eigenvalue weighted by Crippen LogP contribution is -2.35. The van der Waals surface area contributed by atoms with E-state index in [4.69, 9.17) is 4.74 Å². The van der Waals surface area contributed by atoms with Gasteiger partial charge in [0.25, 0.3) is 0 Å². The SMILES string of the molecule is CCCn1ccnc1CC(CC1CCCO1)NCC. The zero-order valence-electron chi connectivity index (χ0n) is 12.3. The summed E-state index contributed by atoms with van der Waals surface area (Å²) in [6, 6.07) is 0.478. The maximum atomic E-state index is 5.76. The number of nitrogens with zero attached hydrogens (tertiary/aromatic N) is 2. The van der Waals surface area contributed by atoms with Crippen LogP contribution in [0.25, 0.3) is 0 Å². The molecular weight excluding hydrogens is 238 g/mol. The molecule has 2 heterocycles. The highest BCUT2D eigenvalue weighted by atomic mass is 16.5. The smallest absolute Gasteiger partial charge is 0.110 e. The van der Waals surface area contributed by atoms with Gasteiger partial charge in [-0.15, -0.1) is 0 Å². The van der Waals surface area contributed by atoms with Crippen molar-refractivity contribution in [3.8, 4) is 0 Å². The van der Waals surface area contributed by atoms with Crippen LogP contribution in [-0.4, -0.2) is 34.8 Å². The van der Waals surface area contributed by atoms with Crippen molar-refractivity contribution in [3.05, 3.63) is 18.2 Å². The molecule has 0 saturated carbocycles. The van der Waals surface area contributed by atoms with Gasteiger partial charge in [-0.1, -0.05) is 13.8 Å². The number of likely N-dealkylation sites (N-methyl/N-ethyl adjacent to an activating group) is 1. The molecule has 2 atom stereocenters. The van der Waals surface area contributed by atoms with Crippen molar-refractivity contribution in [2.75, 3.05) is 13.2 Å². The summed E-state index contributed by atoms with van der Waals surface area (Å²) in [5, 5.41) is 3.58. The summed E-state index contributed by atoms with van der Waals surface area (Å²) in [6.07, 6.45) is 10.1. The van der Waals surface area contributed by atoms with Crippen LogP contribution < -0.4 is 5.32 Å². The Balaban J connectivity index is 1.92. The molecule has 2 unspecified atom stereocenters. The van der Waals surface area contributed by atoms with Gasteiger partial charge in [0, 0.05) is 38.0 Å². The third-order valence-electron chi connectivity index (χ3n) is 3.76. The Bertz CT molecular complexity index is 358. The second-order valence-corrected chi connectivity index (χ2v) is 5.37. The van der Waals surface area contributed by atoms with Gasteiger partial charge in [0.1, 0.15) is 5.82 Å². The van der Waals surface area contributed by atoms with E-state index in [0.29, 0.717) is 12.1 Å². The Morgan fingerprint density at radius 3 is 3.11 bits per heavy atom. The molecule has 0 aromatic carbocycles. The molecule has 1 saturated heterocycles. The lowest BCUT2D eigenvalue weighted by Gasteiger charge is -2.21. The van der Waals surface area contributed by atoms with Crippen LogP contribution in [0.4, 0.5) is 0 Å². The predicted octanol–water partition coefficient (Wildman–Crippen LogP) is 2.38. The zero-order chi connectivity index (χ0) is 13.5. The molecular formula is C15H27N3O. The Labute approximate surface area is 116 Å². The van der Waals surface area contributed by atoms with Crippen LogP contribution in [0.15, 0.2) is 12.4 Å². The first-order valence-electron chi connectivity index (χ1n) is 7.68. The number of ether oxygens (including phenoxy) is 1. The molecule has 108 valence electrons. The molecule has 4 heteroatoms. The number of nitrogens with one attached hydrogen (secondary N) is 1. The Morgan fingerprint density at radius 2 is 2.42 bits per heavy atom. The van der Waals surface area contributed by atoms with Crippen molar-refractivity contribution in [1.82, 2.24) is 14.9 Å². The van der Waals surface area contributed by atoms with Crippen molar-refractivity contribution in [3.63, 3.8) is 0 Å². The van der Waals surface area contributed by atoms with Crippen molar-refractivity contribution < 1.29 is 4.74 Å². The molecule has 19 heavy (non-hydrogen) atoms. The molecule has 0 bridgehead atoms. The molecule has 1 aliphatic rings. The average molecular weight is 265 g/mol. The number of hydrogen-bond donors (Lipinski definition) is 1. The standard InChI is InChI=1S/C15H27N3O/c1-3-8-18-9-7-17-15(18)12-13(16-4-2)11-14-6-5-10-19-14/h7,9,13-14,16H,3-6,8,10-12H2,1-2H3. The maximum Gasteiger partial charge on any atom is 0.110 e. The lowest BCUT2D eigenvalue weighted by molar-refractivity contribution is 0.0944. The molecule has 1 aliphatic heterocycles. The second kappa shape index (κ2) is 7.65. The summed E-state index contributed by atoms with van der Waals surface area (Å²) in [6.45, 7) is 7.38. The molecule has 1 fully saturated rings. The predicted molar refractivity (Wildman–Crippen MR) is 77.3 cm³/mol. The lowest BCUT2D eigenvalue weighted by atomic mass is 10.0. The molecule has 1 N–H and O–H groups in total. The van der Waals surface area contributed by atoms with E-state index in [9.17, 15) is 0 Å². The van der Waals surface area contributed by atoms with E-state index in [1.165, 1.54) is 18.7 Å². The van der Waals surface area contributed by atoms with E-state index in [1.807, 2.05) is 6.20 Å². The van der Waals surface area contributed by atoms with E-state index in [-0.39, 0.29) is 0 Å². The van der Waals surface area contributed by atoms with Gasteiger partial charge in [0.05, 0.1) is 6.10 Å². The number of aryl methyl sites for hydroxylation is 1. The minimum absolute atomic E-state index is 0.443. The number of rotatable bonds is 8. The molecule has 0 aliphatic carbocycles. The van der Waals surface area contributed by atoms with E-state index in [1.54, 1.807) is 0 Å². The first-order valence-corrected chi connectivity index (χ1v) is 7.68. The monoisotopic (exact) mass is 265 g/mol. The maximum absolute atomic E-state index is 5.76. The number of imidazole rings is 1. The van der Waals surface area contributed by atoms with Gasteiger partial charge in [0.15, 0.2) is 0 Å². The molecule has 2 rings (SSSR count). The van der Waals surface area contributed by atoms with Crippen LogP contribution in [0.5, 0.6) is 0 Å². The van der Waals surface area contributed by atoms with Crippen LogP contribution in [0.3, 0.4) is 0 Å². The molecule has 0 radical (unpaired) electrons. The largest absolute Gasteiger partial charge is 0.378 e. The minimum Gasteiger partial charge on any atom is -0.378 e. The van der Waals surface area contributed by atoms with Crippen LogP contribution in [0, 0.1) is 0 Å². The van der Waals surface area contributed by atoms with Gasteiger partial charge in [0.2, 0.25) is 0 Å². The topological polar surface area (TPSA) is 39.1 Å². The van der Waals surface area contributed by atoms with E-state index in [0.717, 1.165) is 39.0 Å². The molecule has 0 amide bonds. The average Bonchev–Trinajstić information content (AvgIpc) is 3.03. The van der Waals surface area contributed by atoms with Crippen LogP contribution >= 0.6 is 0 Å². The van der Waals surface area contributed by atoms with Gasteiger partial charge >= 0.3 is 0 Å². The Kier molecular flexibility index (Phi) is 5.86. The highest BCUT2D eigenvalue weighted by molar-refractivity contribution is 4.96. The Hall–Kier alpha value is -0.870. The van der Waals surface area contributed by atoms with Gasteiger partial charge in [-0.3, -0.25) is 0 Å². The highest BCUT2D eigenvalue weighted by Crippen LogP contribution is 2.18. The van der Waals surface area contributed by atoms with Crippen LogP contribution in [0.2, 0.25) is 0 Å². The second-order valence-electron chi connectivity index (χ2n) is 5.37. The third kappa shape index (κ3) is 4.32. The summed E-state index contributed by atoms with van der Waals surface area (Å²) < 4.78 is 8.04. The summed E-state index contributed by atoms with van der Waals surface area (Å²) >= 11 is 0. The zero-order valence-corrected chi connectivity index (χ0v) is 12.3. The molecule has 0 spiro atoms. The highest BCUT2D eigenvalue weighted by Gasteiger charge is 2.21. The summed E-state index contributed by atoms with van der Waals surface area (Å²) in [5.74, 6) is 1.20. The summed E-state index contributed by atoms with van der Waals surface area (Å²) in [5.41, 5.74) is 0. The van der Waals surface area contributed by atoms with Gasteiger partial charge < -0.3 is 14.6 Å². The first-order chi connectivity index (χ1) is 9.33. The van der Waals surface area contributed by atoms with Gasteiger partial charge in [-0.2, -0.15) is 0 Å². The first kappa shape index (κ1) is 14.5. The van der Waals surface area contributed by atoms with E-state index in [2.05, 4.69) is 34.9 Å². The Morgan fingerprint density at radius 1 is 1.53 bits per heavy atom. The van der Waals surface area contributed by atoms with Crippen molar-refractivity contribution in [1.29, 1.82) is 0 Å². The normalized spacial score (nSPS) is 20.8. The van der Waals surface area contributed by atoms with Gasteiger partial charge in [-0.05, 0) is 32.2 Å². The summed E-state index contributed by atoms with van der Waals surface area (Å²) in [7, 11) is 0. The minimum atomic E-state index is 0.443. The number of hydrogen-bond acceptors (Lipinski definition) is 3. The van der Waals surface area contributed by atoms with Crippen LogP contribution in [0.1, 0.15) is 45.4 Å². The van der Waals surface area contributed by atoms with Crippen molar-refractivity contribution >= 4 is 0 Å². The van der Waals surface area contributed by atoms with Gasteiger partial charge in [-0.25, -0.2) is 4.98 Å². The fraction of sp³-hybridized carbons (Fsp3) is 0.800. The van der Waals surface area contributed by atoms with Crippen molar-refractivity contribution in [2.45, 2.75) is 64.6 Å². The fourth-order valence-electron chi connectivity index (χ4n) is 2.87. The third-order valence-corrected chi connectivity index (χ3v) is 3.76.